The summed E-state index contributed by atoms with van der Waals surface area (Å²) in [5.74, 6) is 0. The molecule has 0 aromatic carbocycles. The Morgan fingerprint density at radius 1 is 0.500 bits per heavy atom. The molecule has 0 bridgehead atoms. The zero-order valence-electron chi connectivity index (χ0n) is 24.6. The van der Waals surface area contributed by atoms with Crippen LogP contribution in [0, 0.1) is 0 Å². The van der Waals surface area contributed by atoms with E-state index in [0.717, 1.165) is 23.9 Å². The van der Waals surface area contributed by atoms with E-state index in [1.807, 2.05) is 0 Å². The van der Waals surface area contributed by atoms with Crippen LogP contribution in [0.2, 0.25) is 0 Å². The molecule has 0 saturated heterocycles. The standard InChI is InChI=1S/C29H64NO3Si/c1-8-13-14-15-16-17-18-19-20-21-22-23-24-25-26-27-29(30(6,7)28-9-2)34(31-10-3,32-11-4)33-12-5/h29H,8-28H2,1-7H3/q+1. The van der Waals surface area contributed by atoms with Crippen molar-refractivity contribution in [3.63, 3.8) is 0 Å². The molecule has 4 nitrogen and oxygen atoms in total. The summed E-state index contributed by atoms with van der Waals surface area (Å²) in [7, 11) is 1.96. The largest absolute Gasteiger partial charge is 0.562 e. The van der Waals surface area contributed by atoms with Crippen LogP contribution < -0.4 is 0 Å². The summed E-state index contributed by atoms with van der Waals surface area (Å²) >= 11 is 0. The number of unbranched alkanes of at least 4 members (excludes halogenated alkanes) is 14. The van der Waals surface area contributed by atoms with Crippen molar-refractivity contribution in [3.8, 4) is 0 Å². The third-order valence-corrected chi connectivity index (χ3v) is 11.0. The lowest BCUT2D eigenvalue weighted by Gasteiger charge is -2.45. The first-order valence-corrected chi connectivity index (χ1v) is 17.0. The van der Waals surface area contributed by atoms with Gasteiger partial charge in [-0.15, -0.1) is 0 Å². The molecule has 0 spiro atoms. The maximum Gasteiger partial charge on any atom is 0.562 e. The van der Waals surface area contributed by atoms with Gasteiger partial charge in [0.1, 0.15) is 0 Å². The summed E-state index contributed by atoms with van der Waals surface area (Å²) < 4.78 is 20.0. The molecule has 0 fully saturated rings. The lowest BCUT2D eigenvalue weighted by atomic mass is 10.0. The van der Waals surface area contributed by atoms with Crippen LogP contribution in [0.25, 0.3) is 0 Å². The number of rotatable bonds is 26. The van der Waals surface area contributed by atoms with Crippen molar-refractivity contribution >= 4 is 8.80 Å². The van der Waals surface area contributed by atoms with Crippen LogP contribution in [0.4, 0.5) is 0 Å². The highest BCUT2D eigenvalue weighted by molar-refractivity contribution is 6.62. The topological polar surface area (TPSA) is 27.7 Å². The zero-order valence-corrected chi connectivity index (χ0v) is 25.6. The molecule has 1 atom stereocenters. The molecule has 0 N–H and O–H groups in total. The van der Waals surface area contributed by atoms with E-state index in [1.54, 1.807) is 0 Å². The zero-order chi connectivity index (χ0) is 25.5. The van der Waals surface area contributed by atoms with Crippen molar-refractivity contribution in [1.82, 2.24) is 0 Å². The molecule has 0 aliphatic carbocycles. The molecule has 0 aliphatic rings. The van der Waals surface area contributed by atoms with Gasteiger partial charge in [0.25, 0.3) is 0 Å². The predicted molar refractivity (Wildman–Crippen MR) is 151 cm³/mol. The van der Waals surface area contributed by atoms with Crippen molar-refractivity contribution in [2.45, 2.75) is 149 Å². The third kappa shape index (κ3) is 15.2. The van der Waals surface area contributed by atoms with E-state index >= 15 is 0 Å². The first kappa shape index (κ1) is 34.1. The molecular formula is C29H64NO3Si+. The second-order valence-electron chi connectivity index (χ2n) is 10.7. The molecule has 34 heavy (non-hydrogen) atoms. The Balaban J connectivity index is 4.32. The fraction of sp³-hybridized carbons (Fsp3) is 1.00. The second-order valence-corrected chi connectivity index (χ2v) is 13.4. The van der Waals surface area contributed by atoms with Crippen molar-refractivity contribution in [3.05, 3.63) is 0 Å². The quantitative estimate of drug-likeness (QED) is 0.0672. The van der Waals surface area contributed by atoms with Crippen molar-refractivity contribution in [1.29, 1.82) is 0 Å². The molecule has 0 aromatic rings. The Morgan fingerprint density at radius 3 is 1.18 bits per heavy atom. The molecule has 0 rings (SSSR count). The molecule has 1 unspecified atom stereocenters. The molecule has 0 radical (unpaired) electrons. The second kappa shape index (κ2) is 22.3. The summed E-state index contributed by atoms with van der Waals surface area (Å²) in [6, 6.07) is 0. The smallest absolute Gasteiger partial charge is 0.370 e. The summed E-state index contributed by atoms with van der Waals surface area (Å²) in [6.07, 6.45) is 23.3. The van der Waals surface area contributed by atoms with E-state index in [0.29, 0.717) is 25.5 Å². The molecule has 0 amide bonds. The van der Waals surface area contributed by atoms with Gasteiger partial charge in [0.15, 0.2) is 5.67 Å². The third-order valence-electron chi connectivity index (χ3n) is 7.17. The fourth-order valence-electron chi connectivity index (χ4n) is 5.41. The summed E-state index contributed by atoms with van der Waals surface area (Å²) in [5.41, 5.74) is 0.314. The van der Waals surface area contributed by atoms with Crippen molar-refractivity contribution in [2.75, 3.05) is 40.5 Å². The van der Waals surface area contributed by atoms with Gasteiger partial charge in [-0.05, 0) is 33.6 Å². The van der Waals surface area contributed by atoms with Gasteiger partial charge < -0.3 is 17.8 Å². The average molecular weight is 503 g/mol. The van der Waals surface area contributed by atoms with Crippen LogP contribution in [0.5, 0.6) is 0 Å². The molecular weight excluding hydrogens is 438 g/mol. The van der Waals surface area contributed by atoms with Crippen LogP contribution in [-0.2, 0) is 13.3 Å². The van der Waals surface area contributed by atoms with Crippen molar-refractivity contribution < 1.29 is 17.8 Å². The van der Waals surface area contributed by atoms with Crippen LogP contribution in [0.15, 0.2) is 0 Å². The fourth-order valence-corrected chi connectivity index (χ4v) is 8.99. The van der Waals surface area contributed by atoms with Gasteiger partial charge in [-0.25, -0.2) is 0 Å². The maximum atomic E-state index is 6.36. The van der Waals surface area contributed by atoms with Crippen LogP contribution in [-0.4, -0.2) is 59.4 Å². The first-order chi connectivity index (χ1) is 16.4. The van der Waals surface area contributed by atoms with E-state index in [4.69, 9.17) is 13.3 Å². The molecule has 0 saturated carbocycles. The molecule has 0 aromatic heterocycles. The average Bonchev–Trinajstić information content (AvgIpc) is 2.79. The normalized spacial score (nSPS) is 13.5. The monoisotopic (exact) mass is 502 g/mol. The van der Waals surface area contributed by atoms with E-state index in [1.165, 1.54) is 96.3 Å². The minimum atomic E-state index is -2.73. The van der Waals surface area contributed by atoms with Gasteiger partial charge in [0, 0.05) is 26.2 Å². The van der Waals surface area contributed by atoms with E-state index in [9.17, 15) is 0 Å². The highest BCUT2D eigenvalue weighted by atomic mass is 28.4. The number of hydrogen-bond donors (Lipinski definition) is 0. The summed E-state index contributed by atoms with van der Waals surface area (Å²) in [5, 5.41) is 0. The van der Waals surface area contributed by atoms with E-state index < -0.39 is 8.80 Å². The Kier molecular flexibility index (Phi) is 22.3. The maximum absolute atomic E-state index is 6.36. The van der Waals surface area contributed by atoms with E-state index in [-0.39, 0.29) is 0 Å². The first-order valence-electron chi connectivity index (χ1n) is 15.2. The Morgan fingerprint density at radius 2 is 0.853 bits per heavy atom. The minimum Gasteiger partial charge on any atom is -0.370 e. The molecule has 5 heteroatoms. The van der Waals surface area contributed by atoms with Crippen LogP contribution in [0.3, 0.4) is 0 Å². The van der Waals surface area contributed by atoms with Gasteiger partial charge in [0.2, 0.25) is 0 Å². The lowest BCUT2D eigenvalue weighted by Crippen LogP contribution is -2.68. The van der Waals surface area contributed by atoms with Gasteiger partial charge in [0.05, 0.1) is 20.6 Å². The summed E-state index contributed by atoms with van der Waals surface area (Å²) in [6.45, 7) is 13.9. The predicted octanol–water partition coefficient (Wildman–Crippen LogP) is 8.69. The lowest BCUT2D eigenvalue weighted by molar-refractivity contribution is -0.906. The van der Waals surface area contributed by atoms with Gasteiger partial charge in [-0.1, -0.05) is 104 Å². The highest BCUT2D eigenvalue weighted by Crippen LogP contribution is 2.28. The summed E-state index contributed by atoms with van der Waals surface area (Å²) in [4.78, 5) is 0. The van der Waals surface area contributed by atoms with Gasteiger partial charge in [-0.2, -0.15) is 0 Å². The van der Waals surface area contributed by atoms with Gasteiger partial charge in [-0.3, -0.25) is 0 Å². The Hall–Kier alpha value is 0.0569. The van der Waals surface area contributed by atoms with Crippen LogP contribution in [0.1, 0.15) is 144 Å². The molecule has 0 aliphatic heterocycles. The minimum absolute atomic E-state index is 0.314. The highest BCUT2D eigenvalue weighted by Gasteiger charge is 2.57. The number of hydrogen-bond acceptors (Lipinski definition) is 3. The van der Waals surface area contributed by atoms with Gasteiger partial charge >= 0.3 is 8.80 Å². The van der Waals surface area contributed by atoms with Crippen molar-refractivity contribution in [2.24, 2.45) is 0 Å². The molecule has 206 valence electrons. The Labute approximate surface area is 216 Å². The Bertz CT molecular complexity index is 417. The number of quaternary nitrogens is 1. The van der Waals surface area contributed by atoms with E-state index in [2.05, 4.69) is 48.7 Å². The number of nitrogens with zero attached hydrogens (tertiary/aromatic N) is 1. The SMILES string of the molecule is CCCCCCCCCCCCCCCCCC([N+](C)(C)CCC)[Si](OCC)(OCC)OCC. The van der Waals surface area contributed by atoms with Crippen LogP contribution >= 0.6 is 0 Å². The molecule has 0 heterocycles.